The first-order valence-corrected chi connectivity index (χ1v) is 13.8. The topological polar surface area (TPSA) is 124 Å². The molecule has 0 aromatic carbocycles. The summed E-state index contributed by atoms with van der Waals surface area (Å²) in [6.45, 7) is 2.43. The molecule has 0 saturated heterocycles. The van der Waals surface area contributed by atoms with Gasteiger partial charge in [-0.25, -0.2) is 4.79 Å². The minimum absolute atomic E-state index is 0.0684. The molecule has 0 radical (unpaired) electrons. The molecule has 3 N–H and O–H groups in total. The summed E-state index contributed by atoms with van der Waals surface area (Å²) in [4.78, 5) is 52.1. The van der Waals surface area contributed by atoms with Crippen molar-refractivity contribution in [3.8, 4) is 0 Å². The highest BCUT2D eigenvalue weighted by Crippen LogP contribution is 2.40. The van der Waals surface area contributed by atoms with E-state index in [4.69, 9.17) is 0 Å². The summed E-state index contributed by atoms with van der Waals surface area (Å²) in [5.74, 6) is -2.80. The van der Waals surface area contributed by atoms with Crippen LogP contribution in [0.15, 0.2) is 12.1 Å². The Labute approximate surface area is 216 Å². The van der Waals surface area contributed by atoms with Crippen LogP contribution >= 0.6 is 11.3 Å². The van der Waals surface area contributed by atoms with Crippen LogP contribution < -0.4 is 10.2 Å². The number of aliphatic carboxylic acids is 1. The molecule has 1 unspecified atom stereocenters. The van der Waals surface area contributed by atoms with Crippen LogP contribution in [0, 0.1) is 17.8 Å². The van der Waals surface area contributed by atoms with E-state index in [-0.39, 0.29) is 35.6 Å². The highest BCUT2D eigenvalue weighted by molar-refractivity contribution is 7.15. The van der Waals surface area contributed by atoms with Crippen molar-refractivity contribution in [3.63, 3.8) is 0 Å². The van der Waals surface area contributed by atoms with Gasteiger partial charge in [0.2, 0.25) is 11.8 Å². The number of carbonyl (C=O) groups excluding carboxylic acids is 2. The number of hydrogen-bond donors (Lipinski definition) is 3. The Morgan fingerprint density at radius 2 is 1.86 bits per heavy atom. The summed E-state index contributed by atoms with van der Waals surface area (Å²) >= 11 is 1.22. The van der Waals surface area contributed by atoms with Gasteiger partial charge in [-0.3, -0.25) is 14.4 Å². The number of rotatable bonds is 11. The second kappa shape index (κ2) is 13.0. The Kier molecular flexibility index (Phi) is 10.1. The van der Waals surface area contributed by atoms with Crippen molar-refractivity contribution < 1.29 is 29.4 Å². The normalized spacial score (nSPS) is 20.8. The average molecular weight is 519 g/mol. The Hall–Kier alpha value is -2.68. The maximum absolute atomic E-state index is 13.8. The summed E-state index contributed by atoms with van der Waals surface area (Å²) in [6.07, 6.45) is 10.1. The van der Waals surface area contributed by atoms with Crippen molar-refractivity contribution in [1.29, 1.82) is 0 Å². The van der Waals surface area contributed by atoms with Crippen LogP contribution in [-0.2, 0) is 14.4 Å². The fourth-order valence-electron chi connectivity index (χ4n) is 5.27. The molecule has 0 bridgehead atoms. The molecule has 1 aromatic rings. The van der Waals surface area contributed by atoms with Crippen LogP contribution in [0.4, 0.5) is 5.69 Å². The number of aromatic carboxylic acids is 1. The second-order valence-corrected chi connectivity index (χ2v) is 11.2. The van der Waals surface area contributed by atoms with Gasteiger partial charge in [0.15, 0.2) is 0 Å². The van der Waals surface area contributed by atoms with E-state index in [0.29, 0.717) is 24.4 Å². The quantitative estimate of drug-likeness (QED) is 0.371. The monoisotopic (exact) mass is 518 g/mol. The molecule has 2 amide bonds. The number of hydrogen-bond acceptors (Lipinski definition) is 5. The highest BCUT2D eigenvalue weighted by atomic mass is 32.1. The number of nitrogens with one attached hydrogen (secondary N) is 1. The smallest absolute Gasteiger partial charge is 0.348 e. The molecule has 1 aromatic heterocycles. The van der Waals surface area contributed by atoms with E-state index in [9.17, 15) is 29.4 Å². The third-order valence-corrected chi connectivity index (χ3v) is 8.60. The number of carboxylic acid groups (broad SMARTS) is 2. The Morgan fingerprint density at radius 3 is 2.44 bits per heavy atom. The van der Waals surface area contributed by atoms with Gasteiger partial charge in [-0.1, -0.05) is 13.0 Å². The first kappa shape index (κ1) is 27.9. The Balaban J connectivity index is 1.88. The molecule has 36 heavy (non-hydrogen) atoms. The molecule has 0 spiro atoms. The largest absolute Gasteiger partial charge is 0.481 e. The molecule has 9 heteroatoms. The summed E-state index contributed by atoms with van der Waals surface area (Å²) in [5, 5.41) is 21.7. The lowest BCUT2D eigenvalue weighted by Crippen LogP contribution is -2.39. The molecule has 1 fully saturated rings. The van der Waals surface area contributed by atoms with E-state index in [2.05, 4.69) is 18.3 Å². The molecule has 1 heterocycles. The van der Waals surface area contributed by atoms with Crippen LogP contribution in [0.5, 0.6) is 0 Å². The average Bonchev–Trinajstić information content (AvgIpc) is 3.31. The van der Waals surface area contributed by atoms with Crippen molar-refractivity contribution in [2.45, 2.75) is 77.6 Å². The maximum Gasteiger partial charge on any atom is 0.348 e. The maximum atomic E-state index is 13.8. The van der Waals surface area contributed by atoms with Gasteiger partial charge < -0.3 is 20.4 Å². The van der Waals surface area contributed by atoms with Gasteiger partial charge in [0.05, 0.1) is 12.1 Å². The number of carbonyl (C=O) groups is 4. The van der Waals surface area contributed by atoms with Crippen molar-refractivity contribution in [2.24, 2.45) is 17.8 Å². The molecule has 1 saturated carbocycles. The molecule has 0 aliphatic heterocycles. The van der Waals surface area contributed by atoms with Crippen LogP contribution in [0.25, 0.3) is 5.57 Å². The van der Waals surface area contributed by atoms with Gasteiger partial charge in [-0.05, 0) is 81.8 Å². The number of carboxylic acids is 2. The van der Waals surface area contributed by atoms with Gasteiger partial charge in [0.25, 0.3) is 0 Å². The lowest BCUT2D eigenvalue weighted by molar-refractivity contribution is -0.141. The third-order valence-electron chi connectivity index (χ3n) is 7.41. The predicted octanol–water partition coefficient (Wildman–Crippen LogP) is 5.18. The van der Waals surface area contributed by atoms with E-state index in [0.717, 1.165) is 61.8 Å². The number of amides is 2. The van der Waals surface area contributed by atoms with E-state index in [1.165, 1.54) is 18.4 Å². The van der Waals surface area contributed by atoms with Crippen LogP contribution in [0.1, 0.15) is 92.1 Å². The standard InChI is InChI=1S/C27H38N2O6S/c1-17-10-12-19(13-11-17)26(33)29(14-6-9-20(15-23(30)31)25(32)28-2)21-16-22(36-24(21)27(34)35)18-7-4-3-5-8-18/h7,16-17,19-20H,3-6,8-15H2,1-2H3,(H,28,32)(H,30,31)(H,34,35). The van der Waals surface area contributed by atoms with Gasteiger partial charge in [0, 0.05) is 30.3 Å². The third kappa shape index (κ3) is 7.18. The van der Waals surface area contributed by atoms with Gasteiger partial charge in [0.1, 0.15) is 4.88 Å². The fourth-order valence-corrected chi connectivity index (χ4v) is 6.34. The lowest BCUT2D eigenvalue weighted by atomic mass is 9.82. The summed E-state index contributed by atoms with van der Waals surface area (Å²) in [7, 11) is 1.48. The van der Waals surface area contributed by atoms with Crippen LogP contribution in [-0.4, -0.2) is 47.6 Å². The molecule has 1 atom stereocenters. The first-order chi connectivity index (χ1) is 17.2. The van der Waals surface area contributed by atoms with Crippen LogP contribution in [0.2, 0.25) is 0 Å². The van der Waals surface area contributed by atoms with Crippen molar-refractivity contribution in [3.05, 3.63) is 21.9 Å². The zero-order valence-corrected chi connectivity index (χ0v) is 22.1. The highest BCUT2D eigenvalue weighted by Gasteiger charge is 2.32. The van der Waals surface area contributed by atoms with Gasteiger partial charge in [-0.15, -0.1) is 11.3 Å². The molecule has 2 aliphatic carbocycles. The van der Waals surface area contributed by atoms with E-state index >= 15 is 0 Å². The summed E-state index contributed by atoms with van der Waals surface area (Å²) in [6, 6.07) is 1.85. The van der Waals surface area contributed by atoms with E-state index in [1.54, 1.807) is 4.90 Å². The van der Waals surface area contributed by atoms with Crippen molar-refractivity contribution in [2.75, 3.05) is 18.5 Å². The zero-order valence-electron chi connectivity index (χ0n) is 21.3. The Bertz CT molecular complexity index is 992. The van der Waals surface area contributed by atoms with E-state index in [1.807, 2.05) is 6.07 Å². The Morgan fingerprint density at radius 1 is 1.14 bits per heavy atom. The number of nitrogens with zero attached hydrogens (tertiary/aromatic N) is 1. The molecule has 3 rings (SSSR count). The number of thiophene rings is 1. The lowest BCUT2D eigenvalue weighted by Gasteiger charge is -2.31. The first-order valence-electron chi connectivity index (χ1n) is 13.0. The number of anilines is 1. The minimum atomic E-state index is -1.05. The SMILES string of the molecule is CNC(=O)C(CCCN(C(=O)C1CCC(C)CC1)c1cc(C2=CCCCC2)sc1C(=O)O)CC(=O)O. The van der Waals surface area contributed by atoms with Gasteiger partial charge in [-0.2, -0.15) is 0 Å². The van der Waals surface area contributed by atoms with Crippen LogP contribution in [0.3, 0.4) is 0 Å². The summed E-state index contributed by atoms with van der Waals surface area (Å²) < 4.78 is 0. The molecular formula is C27H38N2O6S. The second-order valence-electron chi connectivity index (χ2n) is 10.1. The fraction of sp³-hybridized carbons (Fsp3) is 0.630. The molecule has 2 aliphatic rings. The molecule has 198 valence electrons. The number of allylic oxidation sites excluding steroid dienone is 2. The molecular weight excluding hydrogens is 480 g/mol. The van der Waals surface area contributed by atoms with Crippen molar-refractivity contribution >= 4 is 46.4 Å². The molecule has 8 nitrogen and oxygen atoms in total. The van der Waals surface area contributed by atoms with E-state index < -0.39 is 17.9 Å². The predicted molar refractivity (Wildman–Crippen MR) is 140 cm³/mol. The van der Waals surface area contributed by atoms with Crippen molar-refractivity contribution in [1.82, 2.24) is 5.32 Å². The minimum Gasteiger partial charge on any atom is -0.481 e. The summed E-state index contributed by atoms with van der Waals surface area (Å²) in [5.41, 5.74) is 1.56. The van der Waals surface area contributed by atoms with Gasteiger partial charge >= 0.3 is 11.9 Å². The zero-order chi connectivity index (χ0) is 26.2.